The van der Waals surface area contributed by atoms with Gasteiger partial charge in [-0.15, -0.1) is 12.3 Å². The van der Waals surface area contributed by atoms with Gasteiger partial charge < -0.3 is 10.2 Å². The van der Waals surface area contributed by atoms with E-state index in [9.17, 15) is 10.2 Å². The van der Waals surface area contributed by atoms with Crippen molar-refractivity contribution in [2.45, 2.75) is 44.8 Å². The topological polar surface area (TPSA) is 40.5 Å². The molecule has 0 heterocycles. The van der Waals surface area contributed by atoms with Gasteiger partial charge in [-0.1, -0.05) is 13.3 Å². The van der Waals surface area contributed by atoms with Gasteiger partial charge in [0.05, 0.1) is 6.10 Å². The molecule has 0 aromatic carbocycles. The Hall–Kier alpha value is -0.520. The van der Waals surface area contributed by atoms with E-state index < -0.39 is 11.7 Å². The molecular formula is C9H16O2. The van der Waals surface area contributed by atoms with Crippen LogP contribution in [0.5, 0.6) is 0 Å². The highest BCUT2D eigenvalue weighted by Gasteiger charge is 2.30. The van der Waals surface area contributed by atoms with Crippen molar-refractivity contribution in [3.8, 4) is 12.3 Å². The van der Waals surface area contributed by atoms with Gasteiger partial charge in [0, 0.05) is 6.42 Å². The van der Waals surface area contributed by atoms with Crippen molar-refractivity contribution in [2.24, 2.45) is 0 Å². The van der Waals surface area contributed by atoms with Crippen LogP contribution in [0, 0.1) is 12.3 Å². The summed E-state index contributed by atoms with van der Waals surface area (Å²) in [6.45, 7) is 3.51. The van der Waals surface area contributed by atoms with E-state index in [0.717, 1.165) is 6.42 Å². The SMILES string of the molecule is C#CCC(O)(CCC)C(C)O. The Balaban J connectivity index is 4.15. The van der Waals surface area contributed by atoms with Crippen molar-refractivity contribution in [1.82, 2.24) is 0 Å². The summed E-state index contributed by atoms with van der Waals surface area (Å²) in [6.07, 6.45) is 5.90. The molecule has 0 radical (unpaired) electrons. The van der Waals surface area contributed by atoms with E-state index in [1.807, 2.05) is 6.92 Å². The largest absolute Gasteiger partial charge is 0.390 e. The van der Waals surface area contributed by atoms with Gasteiger partial charge in [0.2, 0.25) is 0 Å². The van der Waals surface area contributed by atoms with E-state index in [2.05, 4.69) is 5.92 Å². The maximum Gasteiger partial charge on any atom is 0.101 e. The van der Waals surface area contributed by atoms with E-state index in [-0.39, 0.29) is 6.42 Å². The average molecular weight is 156 g/mol. The molecule has 11 heavy (non-hydrogen) atoms. The first-order chi connectivity index (χ1) is 5.06. The molecule has 0 aliphatic rings. The van der Waals surface area contributed by atoms with Gasteiger partial charge in [-0.05, 0) is 13.3 Å². The summed E-state index contributed by atoms with van der Waals surface area (Å²) in [6, 6.07) is 0. The van der Waals surface area contributed by atoms with Gasteiger partial charge in [0.15, 0.2) is 0 Å². The monoisotopic (exact) mass is 156 g/mol. The Morgan fingerprint density at radius 1 is 1.64 bits per heavy atom. The van der Waals surface area contributed by atoms with Crippen LogP contribution >= 0.6 is 0 Å². The van der Waals surface area contributed by atoms with E-state index in [4.69, 9.17) is 6.42 Å². The Kier molecular flexibility index (Phi) is 4.17. The Bertz CT molecular complexity index is 146. The summed E-state index contributed by atoms with van der Waals surface area (Å²) in [5.74, 6) is 2.36. The molecule has 0 aliphatic heterocycles. The fourth-order valence-electron chi connectivity index (χ4n) is 1.05. The minimum atomic E-state index is -1.08. The quantitative estimate of drug-likeness (QED) is 0.594. The van der Waals surface area contributed by atoms with Crippen LogP contribution in [0.1, 0.15) is 33.1 Å². The molecule has 0 saturated heterocycles. The smallest absolute Gasteiger partial charge is 0.101 e. The molecule has 0 rings (SSSR count). The number of hydrogen-bond donors (Lipinski definition) is 2. The second-order valence-corrected chi connectivity index (χ2v) is 2.91. The van der Waals surface area contributed by atoms with Gasteiger partial charge in [0.1, 0.15) is 5.60 Å². The summed E-state index contributed by atoms with van der Waals surface area (Å²) in [5.41, 5.74) is -1.08. The first kappa shape index (κ1) is 10.5. The number of terminal acetylenes is 1. The molecule has 2 heteroatoms. The molecule has 2 unspecified atom stereocenters. The minimum Gasteiger partial charge on any atom is -0.390 e. The van der Waals surface area contributed by atoms with Crippen LogP contribution in [0.15, 0.2) is 0 Å². The second-order valence-electron chi connectivity index (χ2n) is 2.91. The standard InChI is InChI=1S/C9H16O2/c1-4-6-9(11,7-5-2)8(3)10/h1,8,10-11H,5-7H2,2-3H3. The lowest BCUT2D eigenvalue weighted by molar-refractivity contribution is -0.0681. The first-order valence-electron chi connectivity index (χ1n) is 3.90. The van der Waals surface area contributed by atoms with Crippen LogP contribution in [0.2, 0.25) is 0 Å². The summed E-state index contributed by atoms with van der Waals surface area (Å²) in [7, 11) is 0. The third kappa shape index (κ3) is 2.92. The number of rotatable bonds is 4. The van der Waals surface area contributed by atoms with E-state index in [1.54, 1.807) is 6.92 Å². The van der Waals surface area contributed by atoms with Crippen LogP contribution in [0.4, 0.5) is 0 Å². The Morgan fingerprint density at radius 2 is 2.18 bits per heavy atom. The third-order valence-electron chi connectivity index (χ3n) is 1.87. The molecule has 2 nitrogen and oxygen atoms in total. The molecule has 2 N–H and O–H groups in total. The Labute approximate surface area is 68.2 Å². The predicted octanol–water partition coefficient (Wildman–Crippen LogP) is 0.922. The summed E-state index contributed by atoms with van der Waals surface area (Å²) in [5, 5.41) is 18.9. The number of aliphatic hydroxyl groups is 2. The average Bonchev–Trinajstić information content (AvgIpc) is 1.88. The molecule has 0 aromatic rings. The van der Waals surface area contributed by atoms with Crippen molar-refractivity contribution in [2.75, 3.05) is 0 Å². The highest BCUT2D eigenvalue weighted by atomic mass is 16.3. The van der Waals surface area contributed by atoms with Crippen LogP contribution < -0.4 is 0 Å². The lowest BCUT2D eigenvalue weighted by Gasteiger charge is -2.28. The highest BCUT2D eigenvalue weighted by molar-refractivity contribution is 4.97. The molecule has 64 valence electrons. The molecule has 0 aromatic heterocycles. The summed E-state index contributed by atoms with van der Waals surface area (Å²) in [4.78, 5) is 0. The zero-order valence-corrected chi connectivity index (χ0v) is 7.17. The van der Waals surface area contributed by atoms with Gasteiger partial charge >= 0.3 is 0 Å². The van der Waals surface area contributed by atoms with Crippen LogP contribution in [0.25, 0.3) is 0 Å². The molecule has 0 spiro atoms. The van der Waals surface area contributed by atoms with Gasteiger partial charge in [-0.25, -0.2) is 0 Å². The van der Waals surface area contributed by atoms with Crippen molar-refractivity contribution in [3.63, 3.8) is 0 Å². The highest BCUT2D eigenvalue weighted by Crippen LogP contribution is 2.20. The van der Waals surface area contributed by atoms with Crippen molar-refractivity contribution >= 4 is 0 Å². The van der Waals surface area contributed by atoms with Gasteiger partial charge in [0.25, 0.3) is 0 Å². The zero-order valence-electron chi connectivity index (χ0n) is 7.17. The Morgan fingerprint density at radius 3 is 2.45 bits per heavy atom. The van der Waals surface area contributed by atoms with Crippen molar-refractivity contribution in [1.29, 1.82) is 0 Å². The van der Waals surface area contributed by atoms with Gasteiger partial charge in [-0.2, -0.15) is 0 Å². The van der Waals surface area contributed by atoms with E-state index >= 15 is 0 Å². The summed E-state index contributed by atoms with van der Waals surface area (Å²) >= 11 is 0. The van der Waals surface area contributed by atoms with Crippen LogP contribution in [-0.4, -0.2) is 21.9 Å². The number of aliphatic hydroxyl groups excluding tert-OH is 1. The van der Waals surface area contributed by atoms with Crippen molar-refractivity contribution in [3.05, 3.63) is 0 Å². The lowest BCUT2D eigenvalue weighted by atomic mass is 9.89. The first-order valence-corrected chi connectivity index (χ1v) is 3.90. The summed E-state index contributed by atoms with van der Waals surface area (Å²) < 4.78 is 0. The molecule has 0 aliphatic carbocycles. The van der Waals surface area contributed by atoms with Crippen LogP contribution in [-0.2, 0) is 0 Å². The predicted molar refractivity (Wildman–Crippen MR) is 45.0 cm³/mol. The normalized spacial score (nSPS) is 18.5. The minimum absolute atomic E-state index is 0.221. The van der Waals surface area contributed by atoms with E-state index in [1.165, 1.54) is 0 Å². The van der Waals surface area contributed by atoms with Gasteiger partial charge in [-0.3, -0.25) is 0 Å². The second kappa shape index (κ2) is 4.38. The maximum atomic E-state index is 9.70. The lowest BCUT2D eigenvalue weighted by Crippen LogP contribution is -2.39. The maximum absolute atomic E-state index is 9.70. The van der Waals surface area contributed by atoms with Crippen molar-refractivity contribution < 1.29 is 10.2 Å². The zero-order chi connectivity index (χ0) is 8.91. The fraction of sp³-hybridized carbons (Fsp3) is 0.778. The van der Waals surface area contributed by atoms with Crippen LogP contribution in [0.3, 0.4) is 0 Å². The third-order valence-corrected chi connectivity index (χ3v) is 1.87. The van der Waals surface area contributed by atoms with E-state index in [0.29, 0.717) is 6.42 Å². The molecular weight excluding hydrogens is 140 g/mol. The molecule has 0 bridgehead atoms. The fourth-order valence-corrected chi connectivity index (χ4v) is 1.05. The molecule has 0 fully saturated rings. The number of hydrogen-bond acceptors (Lipinski definition) is 2. The molecule has 2 atom stereocenters. The molecule has 0 saturated carbocycles. The molecule has 0 amide bonds.